The van der Waals surface area contributed by atoms with Gasteiger partial charge in [-0.05, 0) is 45.3 Å². The Kier molecular flexibility index (Phi) is 6.22. The molecule has 15 heavy (non-hydrogen) atoms. The molecule has 0 amide bonds. The Labute approximate surface area is 94.2 Å². The molecule has 0 aromatic rings. The second-order valence-corrected chi connectivity index (χ2v) is 4.60. The molecule has 0 radical (unpaired) electrons. The molecule has 0 aliphatic carbocycles. The molecule has 0 saturated carbocycles. The molecule has 1 saturated heterocycles. The highest BCUT2D eigenvalue weighted by Gasteiger charge is 2.25. The highest BCUT2D eigenvalue weighted by Crippen LogP contribution is 2.19. The molecule has 90 valence electrons. The standard InChI is InChI=1S/C12H26N2O/c1-4-13-7-5-11(2)14-8-6-12(9-14)10-15-3/h11-13H,4-10H2,1-3H3. The number of hydrogen-bond donors (Lipinski definition) is 1. The van der Waals surface area contributed by atoms with E-state index in [4.69, 9.17) is 4.74 Å². The fraction of sp³-hybridized carbons (Fsp3) is 1.00. The van der Waals surface area contributed by atoms with Crippen LogP contribution >= 0.6 is 0 Å². The van der Waals surface area contributed by atoms with Crippen LogP contribution in [0.1, 0.15) is 26.7 Å². The Morgan fingerprint density at radius 1 is 1.53 bits per heavy atom. The molecule has 1 N–H and O–H groups in total. The first-order valence-corrected chi connectivity index (χ1v) is 6.21. The molecule has 1 aliphatic rings. The van der Waals surface area contributed by atoms with E-state index >= 15 is 0 Å². The molecule has 1 aliphatic heterocycles. The number of nitrogens with zero attached hydrogens (tertiary/aromatic N) is 1. The smallest absolute Gasteiger partial charge is 0.0503 e. The van der Waals surface area contributed by atoms with Crippen molar-refractivity contribution in [3.8, 4) is 0 Å². The van der Waals surface area contributed by atoms with Crippen molar-refractivity contribution in [2.45, 2.75) is 32.7 Å². The quantitative estimate of drug-likeness (QED) is 0.647. The van der Waals surface area contributed by atoms with Crippen molar-refractivity contribution >= 4 is 0 Å². The average molecular weight is 214 g/mol. The van der Waals surface area contributed by atoms with E-state index in [1.165, 1.54) is 25.9 Å². The molecule has 2 atom stereocenters. The summed E-state index contributed by atoms with van der Waals surface area (Å²) in [4.78, 5) is 2.60. The van der Waals surface area contributed by atoms with E-state index < -0.39 is 0 Å². The van der Waals surface area contributed by atoms with E-state index in [2.05, 4.69) is 24.1 Å². The summed E-state index contributed by atoms with van der Waals surface area (Å²) in [5.74, 6) is 0.761. The van der Waals surface area contributed by atoms with Crippen LogP contribution in [0.3, 0.4) is 0 Å². The molecule has 1 rings (SSSR count). The zero-order valence-corrected chi connectivity index (χ0v) is 10.5. The van der Waals surface area contributed by atoms with Gasteiger partial charge >= 0.3 is 0 Å². The fourth-order valence-electron chi connectivity index (χ4n) is 2.30. The second-order valence-electron chi connectivity index (χ2n) is 4.60. The molecule has 1 heterocycles. The molecule has 0 aromatic carbocycles. The van der Waals surface area contributed by atoms with E-state index in [1.54, 1.807) is 7.11 Å². The van der Waals surface area contributed by atoms with Crippen LogP contribution in [-0.2, 0) is 4.74 Å². The van der Waals surface area contributed by atoms with Crippen molar-refractivity contribution in [3.05, 3.63) is 0 Å². The summed E-state index contributed by atoms with van der Waals surface area (Å²) in [6.45, 7) is 10.1. The van der Waals surface area contributed by atoms with Crippen LogP contribution in [0.4, 0.5) is 0 Å². The normalized spacial score (nSPS) is 24.6. The number of ether oxygens (including phenoxy) is 1. The van der Waals surface area contributed by atoms with Gasteiger partial charge < -0.3 is 15.0 Å². The number of hydrogen-bond acceptors (Lipinski definition) is 3. The largest absolute Gasteiger partial charge is 0.384 e. The van der Waals surface area contributed by atoms with Crippen LogP contribution in [0, 0.1) is 5.92 Å². The highest BCUT2D eigenvalue weighted by atomic mass is 16.5. The molecular formula is C12H26N2O. The van der Waals surface area contributed by atoms with Gasteiger partial charge in [0.05, 0.1) is 6.61 Å². The topological polar surface area (TPSA) is 24.5 Å². The highest BCUT2D eigenvalue weighted by molar-refractivity contribution is 4.79. The van der Waals surface area contributed by atoms with Crippen molar-refractivity contribution < 1.29 is 4.74 Å². The average Bonchev–Trinajstić information content (AvgIpc) is 2.67. The Morgan fingerprint density at radius 3 is 3.00 bits per heavy atom. The summed E-state index contributed by atoms with van der Waals surface area (Å²) < 4.78 is 5.21. The predicted octanol–water partition coefficient (Wildman–Crippen LogP) is 1.34. The van der Waals surface area contributed by atoms with Crippen molar-refractivity contribution in [3.63, 3.8) is 0 Å². The summed E-state index contributed by atoms with van der Waals surface area (Å²) in [6, 6.07) is 0.714. The number of rotatable bonds is 7. The van der Waals surface area contributed by atoms with E-state index in [-0.39, 0.29) is 0 Å². The second kappa shape index (κ2) is 7.20. The minimum atomic E-state index is 0.714. The van der Waals surface area contributed by atoms with Crippen LogP contribution in [0.2, 0.25) is 0 Å². The van der Waals surface area contributed by atoms with Crippen LogP contribution in [0.5, 0.6) is 0 Å². The van der Waals surface area contributed by atoms with Gasteiger partial charge in [-0.3, -0.25) is 0 Å². The number of likely N-dealkylation sites (tertiary alicyclic amines) is 1. The molecule has 2 unspecified atom stereocenters. The van der Waals surface area contributed by atoms with Crippen LogP contribution < -0.4 is 5.32 Å². The molecule has 0 aromatic heterocycles. The van der Waals surface area contributed by atoms with Gasteiger partial charge in [-0.25, -0.2) is 0 Å². The molecule has 3 nitrogen and oxygen atoms in total. The summed E-state index contributed by atoms with van der Waals surface area (Å²) in [5.41, 5.74) is 0. The lowest BCUT2D eigenvalue weighted by Gasteiger charge is -2.24. The van der Waals surface area contributed by atoms with Gasteiger partial charge in [0.2, 0.25) is 0 Å². The Hall–Kier alpha value is -0.120. The summed E-state index contributed by atoms with van der Waals surface area (Å²) in [6.07, 6.45) is 2.56. The van der Waals surface area contributed by atoms with Crippen LogP contribution in [0.15, 0.2) is 0 Å². The fourth-order valence-corrected chi connectivity index (χ4v) is 2.30. The Morgan fingerprint density at radius 2 is 2.33 bits per heavy atom. The number of nitrogens with one attached hydrogen (secondary N) is 1. The third kappa shape index (κ3) is 4.49. The third-order valence-corrected chi connectivity index (χ3v) is 3.33. The monoisotopic (exact) mass is 214 g/mol. The lowest BCUT2D eigenvalue weighted by atomic mass is 10.1. The maximum absolute atomic E-state index is 5.21. The maximum Gasteiger partial charge on any atom is 0.0503 e. The van der Waals surface area contributed by atoms with Crippen molar-refractivity contribution in [2.75, 3.05) is 39.9 Å². The van der Waals surface area contributed by atoms with Crippen molar-refractivity contribution in [2.24, 2.45) is 5.92 Å². The van der Waals surface area contributed by atoms with Gasteiger partial charge in [0.25, 0.3) is 0 Å². The first-order chi connectivity index (χ1) is 7.27. The lowest BCUT2D eigenvalue weighted by molar-refractivity contribution is 0.147. The van der Waals surface area contributed by atoms with Gasteiger partial charge in [-0.2, -0.15) is 0 Å². The minimum Gasteiger partial charge on any atom is -0.384 e. The SMILES string of the molecule is CCNCCC(C)N1CCC(COC)C1. The van der Waals surface area contributed by atoms with Crippen LogP contribution in [-0.4, -0.2) is 50.8 Å². The summed E-state index contributed by atoms with van der Waals surface area (Å²) >= 11 is 0. The van der Waals surface area contributed by atoms with Crippen molar-refractivity contribution in [1.29, 1.82) is 0 Å². The minimum absolute atomic E-state index is 0.714. The Bertz CT molecular complexity index is 164. The van der Waals surface area contributed by atoms with Crippen LogP contribution in [0.25, 0.3) is 0 Å². The van der Waals surface area contributed by atoms with Gasteiger partial charge in [0.15, 0.2) is 0 Å². The Balaban J connectivity index is 2.15. The summed E-state index contributed by atoms with van der Waals surface area (Å²) in [7, 11) is 1.80. The van der Waals surface area contributed by atoms with Gasteiger partial charge in [-0.1, -0.05) is 6.92 Å². The first-order valence-electron chi connectivity index (χ1n) is 6.21. The van der Waals surface area contributed by atoms with E-state index in [0.717, 1.165) is 25.6 Å². The third-order valence-electron chi connectivity index (χ3n) is 3.33. The molecular weight excluding hydrogens is 188 g/mol. The van der Waals surface area contributed by atoms with E-state index in [9.17, 15) is 0 Å². The predicted molar refractivity (Wildman–Crippen MR) is 64.2 cm³/mol. The van der Waals surface area contributed by atoms with Gasteiger partial charge in [0, 0.05) is 19.7 Å². The van der Waals surface area contributed by atoms with Gasteiger partial charge in [-0.15, -0.1) is 0 Å². The lowest BCUT2D eigenvalue weighted by Crippen LogP contribution is -2.34. The molecule has 0 bridgehead atoms. The van der Waals surface area contributed by atoms with Gasteiger partial charge in [0.1, 0.15) is 0 Å². The zero-order chi connectivity index (χ0) is 11.1. The molecule has 1 fully saturated rings. The zero-order valence-electron chi connectivity index (χ0n) is 10.5. The number of methoxy groups -OCH3 is 1. The van der Waals surface area contributed by atoms with E-state index in [0.29, 0.717) is 6.04 Å². The van der Waals surface area contributed by atoms with E-state index in [1.807, 2.05) is 0 Å². The molecule has 3 heteroatoms. The maximum atomic E-state index is 5.21. The molecule has 0 spiro atoms. The first kappa shape index (κ1) is 12.9. The van der Waals surface area contributed by atoms with Crippen molar-refractivity contribution in [1.82, 2.24) is 10.2 Å². The summed E-state index contributed by atoms with van der Waals surface area (Å²) in [5, 5.41) is 3.39.